The number of aromatic amines is 1. The van der Waals surface area contributed by atoms with Gasteiger partial charge < -0.3 is 9.72 Å². The number of rotatable bonds is 3. The first kappa shape index (κ1) is 20.4. The van der Waals surface area contributed by atoms with Gasteiger partial charge in [-0.1, -0.05) is 12.1 Å². The molecule has 0 atom stereocenters. The molecule has 1 aliphatic rings. The zero-order valence-corrected chi connectivity index (χ0v) is 15.7. The number of allylic oxidation sites excluding steroid dienone is 1. The van der Waals surface area contributed by atoms with Crippen molar-refractivity contribution in [3.63, 3.8) is 0 Å². The van der Waals surface area contributed by atoms with Crippen molar-refractivity contribution >= 4 is 29.5 Å². The summed E-state index contributed by atoms with van der Waals surface area (Å²) in [5.74, 6) is 1.15. The molecule has 0 radical (unpaired) electrons. The van der Waals surface area contributed by atoms with Crippen LogP contribution in [-0.2, 0) is 10.9 Å². The second kappa shape index (κ2) is 8.32. The van der Waals surface area contributed by atoms with E-state index in [0.29, 0.717) is 28.3 Å². The molecule has 3 heterocycles. The number of nitrogens with one attached hydrogen (secondary N) is 1. The second-order valence-corrected chi connectivity index (χ2v) is 6.56. The van der Waals surface area contributed by atoms with Crippen molar-refractivity contribution in [2.45, 2.75) is 19.0 Å². The van der Waals surface area contributed by atoms with Crippen LogP contribution in [0.3, 0.4) is 0 Å². The van der Waals surface area contributed by atoms with E-state index in [4.69, 9.17) is 4.74 Å². The molecule has 1 saturated heterocycles. The van der Waals surface area contributed by atoms with Crippen LogP contribution in [0.2, 0.25) is 0 Å². The zero-order valence-electron chi connectivity index (χ0n) is 14.9. The summed E-state index contributed by atoms with van der Waals surface area (Å²) >= 11 is 0. The van der Waals surface area contributed by atoms with E-state index in [0.717, 1.165) is 32.1 Å². The van der Waals surface area contributed by atoms with Gasteiger partial charge in [0, 0.05) is 25.0 Å². The first-order valence-corrected chi connectivity index (χ1v) is 8.79. The van der Waals surface area contributed by atoms with Crippen molar-refractivity contribution in [1.82, 2.24) is 15.0 Å². The average molecular weight is 410 g/mol. The van der Waals surface area contributed by atoms with Crippen LogP contribution in [-0.4, -0.2) is 28.2 Å². The number of nitrogens with zero attached hydrogens (tertiary/aromatic N) is 2. The van der Waals surface area contributed by atoms with Gasteiger partial charge in [0.15, 0.2) is 0 Å². The molecule has 0 bridgehead atoms. The van der Waals surface area contributed by atoms with Crippen LogP contribution in [0.4, 0.5) is 13.2 Å². The summed E-state index contributed by atoms with van der Waals surface area (Å²) in [5.41, 5.74) is 0.955. The Balaban J connectivity index is 0.00000225. The lowest BCUT2D eigenvalue weighted by Gasteiger charge is -2.18. The normalized spacial score (nSPS) is 15.8. The molecule has 1 aromatic carbocycles. The van der Waals surface area contributed by atoms with Crippen molar-refractivity contribution in [1.29, 1.82) is 0 Å². The Morgan fingerprint density at radius 2 is 1.93 bits per heavy atom. The molecular formula is C20H19ClF3N3O. The van der Waals surface area contributed by atoms with Gasteiger partial charge >= 0.3 is 6.18 Å². The third kappa shape index (κ3) is 4.36. The molecule has 28 heavy (non-hydrogen) atoms. The highest BCUT2D eigenvalue weighted by atomic mass is 35.5. The maximum absolute atomic E-state index is 13.3. The Labute approximate surface area is 166 Å². The standard InChI is InChI=1S/C20H18F3N3O.ClH/c21-20(22,23)15-2-1-9-24-19(15)14-4-5-16-17(12-14)26-18(25-16)6-3-13-7-10-27-11-8-13;/h1-6,9,12-13H,7-8,10-11H2,(H,25,26);1H. The highest BCUT2D eigenvalue weighted by Gasteiger charge is 2.34. The van der Waals surface area contributed by atoms with Crippen molar-refractivity contribution in [2.75, 3.05) is 13.2 Å². The minimum absolute atomic E-state index is 0. The summed E-state index contributed by atoms with van der Waals surface area (Å²) in [5, 5.41) is 0. The number of halogens is 4. The van der Waals surface area contributed by atoms with E-state index in [9.17, 15) is 13.2 Å². The summed E-state index contributed by atoms with van der Waals surface area (Å²) in [4.78, 5) is 11.6. The molecule has 4 nitrogen and oxygen atoms in total. The molecule has 1 fully saturated rings. The summed E-state index contributed by atoms with van der Waals surface area (Å²) in [6.45, 7) is 1.54. The van der Waals surface area contributed by atoms with E-state index in [1.165, 1.54) is 12.3 Å². The van der Waals surface area contributed by atoms with Crippen LogP contribution >= 0.6 is 12.4 Å². The van der Waals surface area contributed by atoms with Gasteiger partial charge in [-0.25, -0.2) is 4.98 Å². The second-order valence-electron chi connectivity index (χ2n) is 6.56. The van der Waals surface area contributed by atoms with Crippen LogP contribution in [0.25, 0.3) is 28.4 Å². The fourth-order valence-electron chi connectivity index (χ4n) is 3.26. The summed E-state index contributed by atoms with van der Waals surface area (Å²) in [6.07, 6.45) is 2.93. The molecule has 0 aliphatic carbocycles. The number of fused-ring (bicyclic) bond motifs is 1. The number of H-pyrrole nitrogens is 1. The monoisotopic (exact) mass is 409 g/mol. The summed E-state index contributed by atoms with van der Waals surface area (Å²) < 4.78 is 45.1. The fraction of sp³-hybridized carbons (Fsp3) is 0.300. The van der Waals surface area contributed by atoms with Crippen LogP contribution in [0, 0.1) is 5.92 Å². The molecule has 0 saturated carbocycles. The molecule has 2 aromatic heterocycles. The first-order valence-electron chi connectivity index (χ1n) is 8.79. The Morgan fingerprint density at radius 1 is 1.14 bits per heavy atom. The predicted molar refractivity (Wildman–Crippen MR) is 104 cm³/mol. The smallest absolute Gasteiger partial charge is 0.381 e. The SMILES string of the molecule is Cl.FC(F)(F)c1cccnc1-c1ccc2nc(C=CC3CCOCC3)[nH]c2c1. The molecule has 3 aromatic rings. The van der Waals surface area contributed by atoms with Gasteiger partial charge in [0.25, 0.3) is 0 Å². The lowest BCUT2D eigenvalue weighted by molar-refractivity contribution is -0.137. The van der Waals surface area contributed by atoms with Gasteiger partial charge in [0.05, 0.1) is 22.3 Å². The topological polar surface area (TPSA) is 50.8 Å². The van der Waals surface area contributed by atoms with Crippen LogP contribution in [0.5, 0.6) is 0 Å². The predicted octanol–water partition coefficient (Wildman–Crippen LogP) is 5.51. The Hall–Kier alpha value is -2.38. The van der Waals surface area contributed by atoms with Gasteiger partial charge in [-0.15, -0.1) is 12.4 Å². The first-order chi connectivity index (χ1) is 13.0. The van der Waals surface area contributed by atoms with Gasteiger partial charge in [-0.3, -0.25) is 4.98 Å². The van der Waals surface area contributed by atoms with E-state index in [-0.39, 0.29) is 18.1 Å². The van der Waals surface area contributed by atoms with Crippen molar-refractivity contribution in [3.05, 3.63) is 54.0 Å². The molecule has 148 valence electrons. The van der Waals surface area contributed by atoms with E-state index >= 15 is 0 Å². The van der Waals surface area contributed by atoms with Gasteiger partial charge in [-0.2, -0.15) is 13.2 Å². The molecule has 0 amide bonds. The number of ether oxygens (including phenoxy) is 1. The minimum atomic E-state index is -4.45. The summed E-state index contributed by atoms with van der Waals surface area (Å²) in [7, 11) is 0. The number of benzene rings is 1. The molecule has 0 spiro atoms. The lowest BCUT2D eigenvalue weighted by Crippen LogP contribution is -2.13. The molecular weight excluding hydrogens is 391 g/mol. The Kier molecular flexibility index (Phi) is 6.05. The number of alkyl halides is 3. The Morgan fingerprint density at radius 3 is 2.68 bits per heavy atom. The van der Waals surface area contributed by atoms with Crippen LogP contribution in [0.1, 0.15) is 24.2 Å². The molecule has 8 heteroatoms. The van der Waals surface area contributed by atoms with E-state index in [1.807, 2.05) is 6.08 Å². The van der Waals surface area contributed by atoms with Crippen LogP contribution < -0.4 is 0 Å². The maximum atomic E-state index is 13.3. The van der Waals surface area contributed by atoms with Crippen molar-refractivity contribution in [3.8, 4) is 11.3 Å². The Bertz CT molecular complexity index is 978. The molecule has 0 unspecified atom stereocenters. The molecule has 1 aliphatic heterocycles. The quantitative estimate of drug-likeness (QED) is 0.621. The average Bonchev–Trinajstić information content (AvgIpc) is 3.08. The third-order valence-corrected chi connectivity index (χ3v) is 4.68. The maximum Gasteiger partial charge on any atom is 0.418 e. The highest BCUT2D eigenvalue weighted by Crippen LogP contribution is 2.36. The van der Waals surface area contributed by atoms with Crippen molar-refractivity contribution < 1.29 is 17.9 Å². The van der Waals surface area contributed by atoms with E-state index in [1.54, 1.807) is 18.2 Å². The van der Waals surface area contributed by atoms with Gasteiger partial charge in [0.1, 0.15) is 5.82 Å². The van der Waals surface area contributed by atoms with E-state index in [2.05, 4.69) is 21.0 Å². The largest absolute Gasteiger partial charge is 0.418 e. The minimum Gasteiger partial charge on any atom is -0.381 e. The fourth-order valence-corrected chi connectivity index (χ4v) is 3.26. The number of hydrogen-bond acceptors (Lipinski definition) is 3. The molecule has 4 rings (SSSR count). The van der Waals surface area contributed by atoms with Gasteiger partial charge in [0.2, 0.25) is 0 Å². The number of hydrogen-bond donors (Lipinski definition) is 1. The third-order valence-electron chi connectivity index (χ3n) is 4.68. The summed E-state index contributed by atoms with van der Waals surface area (Å²) in [6, 6.07) is 7.32. The number of pyridine rings is 1. The highest BCUT2D eigenvalue weighted by molar-refractivity contribution is 5.85. The number of imidazole rings is 1. The van der Waals surface area contributed by atoms with E-state index < -0.39 is 11.7 Å². The van der Waals surface area contributed by atoms with Gasteiger partial charge in [-0.05, 0) is 49.1 Å². The van der Waals surface area contributed by atoms with Crippen molar-refractivity contribution in [2.24, 2.45) is 5.92 Å². The molecule has 1 N–H and O–H groups in total. The zero-order chi connectivity index (χ0) is 18.9. The lowest BCUT2D eigenvalue weighted by atomic mass is 10.00. The number of aromatic nitrogens is 3. The van der Waals surface area contributed by atoms with Crippen LogP contribution in [0.15, 0.2) is 42.6 Å².